The minimum Gasteiger partial charge on any atom is -0.511 e. The van der Waals surface area contributed by atoms with Crippen molar-refractivity contribution in [2.24, 2.45) is 16.8 Å². The Balaban J connectivity index is 0.000000611. The summed E-state index contributed by atoms with van der Waals surface area (Å²) in [6, 6.07) is 10.0. The molecule has 0 radical (unpaired) electrons. The van der Waals surface area contributed by atoms with Crippen LogP contribution in [0.5, 0.6) is 0 Å². The largest absolute Gasteiger partial charge is 0.511 e. The van der Waals surface area contributed by atoms with Crippen LogP contribution in [-0.4, -0.2) is 68.1 Å². The van der Waals surface area contributed by atoms with E-state index in [-0.39, 0.29) is 33.9 Å². The first-order chi connectivity index (χ1) is 19.3. The van der Waals surface area contributed by atoms with Crippen molar-refractivity contribution >= 4 is 28.4 Å². The molecule has 2 fully saturated rings. The van der Waals surface area contributed by atoms with Crippen LogP contribution in [0, 0.1) is 5.92 Å². The summed E-state index contributed by atoms with van der Waals surface area (Å²) in [6.45, 7) is -0.771. The molecule has 10 heteroatoms. The Hall–Kier alpha value is -2.24. The van der Waals surface area contributed by atoms with Crippen molar-refractivity contribution in [3.05, 3.63) is 47.2 Å². The SMILES string of the molecule is NC(CO)(CO)CO.O=C1CSC(=O)C1=C(O)CCC1CCCCCCCCCCC1=NOCc1ccccc1. The lowest BCUT2D eigenvalue weighted by Crippen LogP contribution is -2.50. The van der Waals surface area contributed by atoms with Gasteiger partial charge in [0.2, 0.25) is 5.12 Å². The second kappa shape index (κ2) is 19.0. The summed E-state index contributed by atoms with van der Waals surface area (Å²) in [7, 11) is 0. The van der Waals surface area contributed by atoms with Crippen LogP contribution in [0.3, 0.4) is 0 Å². The van der Waals surface area contributed by atoms with Gasteiger partial charge in [0.15, 0.2) is 5.78 Å². The summed E-state index contributed by atoms with van der Waals surface area (Å²) < 4.78 is 0. The van der Waals surface area contributed by atoms with E-state index in [0.717, 1.165) is 48.7 Å². The Kier molecular flexibility index (Phi) is 16.1. The number of carbonyl (C=O) groups excluding carboxylic acids is 2. The van der Waals surface area contributed by atoms with Gasteiger partial charge in [-0.05, 0) is 31.2 Å². The van der Waals surface area contributed by atoms with Crippen molar-refractivity contribution in [2.75, 3.05) is 25.6 Å². The summed E-state index contributed by atoms with van der Waals surface area (Å²) in [5, 5.41) is 39.8. The van der Waals surface area contributed by atoms with Gasteiger partial charge >= 0.3 is 0 Å². The maximum Gasteiger partial charge on any atom is 0.226 e. The predicted octanol–water partition coefficient (Wildman–Crippen LogP) is 4.19. The van der Waals surface area contributed by atoms with E-state index in [9.17, 15) is 14.7 Å². The summed E-state index contributed by atoms with van der Waals surface area (Å²) in [4.78, 5) is 29.7. The lowest BCUT2D eigenvalue weighted by molar-refractivity contribution is -0.115. The highest BCUT2D eigenvalue weighted by Crippen LogP contribution is 2.29. The van der Waals surface area contributed by atoms with E-state index in [1.54, 1.807) is 0 Å². The standard InChI is InChI=1S/C26H35NO4S.C4H11NO3/c28-23(25-24(29)19-32-26(25)30)17-16-21-14-10-5-3-1-2-4-6-11-15-22(21)27-31-18-20-12-8-7-9-13-20;5-4(1-6,2-7)3-8/h7-9,12-13,21,28H,1-6,10-11,14-19H2;6-8H,1-3,5H2. The van der Waals surface area contributed by atoms with Crippen molar-refractivity contribution in [1.82, 2.24) is 0 Å². The second-order valence-electron chi connectivity index (χ2n) is 10.6. The lowest BCUT2D eigenvalue weighted by Gasteiger charge is -2.20. The molecule has 2 aliphatic rings. The zero-order valence-corrected chi connectivity index (χ0v) is 24.2. The van der Waals surface area contributed by atoms with Crippen LogP contribution in [0.4, 0.5) is 0 Å². The van der Waals surface area contributed by atoms with Crippen LogP contribution in [0.15, 0.2) is 46.8 Å². The number of aliphatic hydroxyl groups is 4. The van der Waals surface area contributed by atoms with Crippen molar-refractivity contribution in [3.63, 3.8) is 0 Å². The van der Waals surface area contributed by atoms with Crippen molar-refractivity contribution < 1.29 is 34.9 Å². The molecule has 1 aliphatic carbocycles. The Morgan fingerprint density at radius 3 is 2.10 bits per heavy atom. The van der Waals surface area contributed by atoms with Gasteiger partial charge in [0.05, 0.1) is 36.8 Å². The molecule has 1 aromatic carbocycles. The van der Waals surface area contributed by atoms with Gasteiger partial charge in [-0.2, -0.15) is 0 Å². The van der Waals surface area contributed by atoms with Gasteiger partial charge in [-0.3, -0.25) is 9.59 Å². The molecule has 0 amide bonds. The number of nitrogens with zero attached hydrogens (tertiary/aromatic N) is 1. The number of rotatable bonds is 9. The average molecular weight is 579 g/mol. The van der Waals surface area contributed by atoms with E-state index in [0.29, 0.717) is 19.4 Å². The molecule has 224 valence electrons. The number of allylic oxidation sites excluding steroid dienone is 1. The quantitative estimate of drug-likeness (QED) is 0.125. The molecular formula is C30H46N2O7S. The first kappa shape index (κ1) is 34.0. The Morgan fingerprint density at radius 2 is 1.55 bits per heavy atom. The number of aliphatic hydroxyl groups excluding tert-OH is 4. The number of hydrogen-bond donors (Lipinski definition) is 5. The molecule has 3 rings (SSSR count). The summed E-state index contributed by atoms with van der Waals surface area (Å²) in [5.74, 6) is 0.0194. The average Bonchev–Trinajstić information content (AvgIpc) is 3.31. The van der Waals surface area contributed by atoms with Gasteiger partial charge in [-0.25, -0.2) is 0 Å². The maximum atomic E-state index is 12.0. The minimum absolute atomic E-state index is 0.00182. The topological polar surface area (TPSA) is 163 Å². The number of ketones is 1. The number of oxime groups is 1. The van der Waals surface area contributed by atoms with Gasteiger partial charge in [0, 0.05) is 12.3 Å². The summed E-state index contributed by atoms with van der Waals surface area (Å²) >= 11 is 0.978. The molecule has 1 unspecified atom stereocenters. The molecule has 1 heterocycles. The fourth-order valence-electron chi connectivity index (χ4n) is 4.58. The van der Waals surface area contributed by atoms with E-state index in [2.05, 4.69) is 5.16 Å². The highest BCUT2D eigenvalue weighted by atomic mass is 32.2. The predicted molar refractivity (Wildman–Crippen MR) is 158 cm³/mol. The maximum absolute atomic E-state index is 12.0. The van der Waals surface area contributed by atoms with Gasteiger partial charge in [0.1, 0.15) is 17.9 Å². The number of carbonyl (C=O) groups is 2. The Morgan fingerprint density at radius 1 is 0.950 bits per heavy atom. The molecular weight excluding hydrogens is 532 g/mol. The molecule has 1 atom stereocenters. The first-order valence-corrected chi connectivity index (χ1v) is 15.3. The third kappa shape index (κ3) is 12.1. The normalized spacial score (nSPS) is 21.7. The first-order valence-electron chi connectivity index (χ1n) is 14.3. The number of benzene rings is 1. The van der Waals surface area contributed by atoms with Crippen LogP contribution in [-0.2, 0) is 21.0 Å². The zero-order valence-electron chi connectivity index (χ0n) is 23.4. The third-order valence-electron chi connectivity index (χ3n) is 7.24. The molecule has 6 N–H and O–H groups in total. The molecule has 1 aliphatic heterocycles. The van der Waals surface area contributed by atoms with Crippen molar-refractivity contribution in [1.29, 1.82) is 0 Å². The van der Waals surface area contributed by atoms with E-state index in [4.69, 9.17) is 25.9 Å². The zero-order chi connectivity index (χ0) is 29.2. The Bertz CT molecular complexity index is 938. The van der Waals surface area contributed by atoms with Gasteiger partial charge in [0.25, 0.3) is 0 Å². The van der Waals surface area contributed by atoms with Crippen LogP contribution in [0.25, 0.3) is 0 Å². The summed E-state index contributed by atoms with van der Waals surface area (Å²) in [6.07, 6.45) is 12.6. The van der Waals surface area contributed by atoms with Crippen LogP contribution in [0.2, 0.25) is 0 Å². The van der Waals surface area contributed by atoms with Crippen LogP contribution in [0.1, 0.15) is 82.6 Å². The lowest BCUT2D eigenvalue weighted by atomic mass is 9.87. The van der Waals surface area contributed by atoms with E-state index in [1.165, 1.54) is 38.5 Å². The second-order valence-corrected chi connectivity index (χ2v) is 11.6. The van der Waals surface area contributed by atoms with Crippen LogP contribution < -0.4 is 5.73 Å². The third-order valence-corrected chi connectivity index (χ3v) is 8.12. The minimum atomic E-state index is -1.21. The summed E-state index contributed by atoms with van der Waals surface area (Å²) in [5.41, 5.74) is 6.08. The molecule has 0 aromatic heterocycles. The van der Waals surface area contributed by atoms with Crippen molar-refractivity contribution in [3.8, 4) is 0 Å². The van der Waals surface area contributed by atoms with Gasteiger partial charge < -0.3 is 31.0 Å². The fourth-order valence-corrected chi connectivity index (χ4v) is 5.36. The number of nitrogens with two attached hydrogens (primary N) is 1. The molecule has 40 heavy (non-hydrogen) atoms. The number of hydrogen-bond acceptors (Lipinski definition) is 10. The van der Waals surface area contributed by atoms with E-state index >= 15 is 0 Å². The van der Waals surface area contributed by atoms with Crippen molar-refractivity contribution in [2.45, 2.75) is 89.2 Å². The fraction of sp³-hybridized carbons (Fsp3) is 0.633. The van der Waals surface area contributed by atoms with E-state index < -0.39 is 25.4 Å². The molecule has 1 saturated heterocycles. The highest BCUT2D eigenvalue weighted by Gasteiger charge is 2.31. The van der Waals surface area contributed by atoms with Gasteiger partial charge in [-0.15, -0.1) is 0 Å². The molecule has 9 nitrogen and oxygen atoms in total. The highest BCUT2D eigenvalue weighted by molar-refractivity contribution is 8.15. The van der Waals surface area contributed by atoms with Crippen LogP contribution >= 0.6 is 11.8 Å². The molecule has 0 bridgehead atoms. The Labute approximate surface area is 241 Å². The monoisotopic (exact) mass is 578 g/mol. The number of Topliss-reactive ketones (excluding diaryl/α,β-unsaturated/α-hetero) is 1. The molecule has 0 spiro atoms. The smallest absolute Gasteiger partial charge is 0.226 e. The van der Waals surface area contributed by atoms with Gasteiger partial charge in [-0.1, -0.05) is 92.2 Å². The van der Waals surface area contributed by atoms with E-state index in [1.807, 2.05) is 30.3 Å². The molecule has 1 aromatic rings. The number of thioether (sulfide) groups is 1. The molecule has 1 saturated carbocycles.